The van der Waals surface area contributed by atoms with Crippen molar-refractivity contribution in [2.45, 2.75) is 25.0 Å². The number of aromatic nitrogens is 2. The molecule has 1 amide bonds. The molecule has 4 aromatic rings. The number of esters is 1. The van der Waals surface area contributed by atoms with Crippen LogP contribution in [-0.2, 0) is 16.9 Å². The Morgan fingerprint density at radius 3 is 2.71 bits per heavy atom. The molecule has 0 atom stereocenters. The standard InChI is InChI=1S/C27H21ClFN3O3/c28-17-4-6-20-22(16-32(24(20)13-17)15-19-3-1-2-10-30-19)25(33)31-11-8-27(9-12-31)23-7-5-18(29)14-21(23)26(34)35-27/h1-7,10,13-14,16H,8-9,11-12,15H2. The van der Waals surface area contributed by atoms with Gasteiger partial charge in [-0.15, -0.1) is 0 Å². The van der Waals surface area contributed by atoms with Crippen molar-refractivity contribution in [2.75, 3.05) is 13.1 Å². The van der Waals surface area contributed by atoms with E-state index in [0.29, 0.717) is 48.6 Å². The average Bonchev–Trinajstić information content (AvgIpc) is 3.34. The van der Waals surface area contributed by atoms with Crippen LogP contribution in [0.1, 0.15) is 44.8 Å². The molecule has 0 saturated carbocycles. The maximum atomic E-state index is 13.7. The molecule has 6 nitrogen and oxygen atoms in total. The second-order valence-electron chi connectivity index (χ2n) is 9.02. The minimum absolute atomic E-state index is 0.0874. The maximum absolute atomic E-state index is 13.7. The van der Waals surface area contributed by atoms with Gasteiger partial charge in [0.2, 0.25) is 0 Å². The van der Waals surface area contributed by atoms with E-state index < -0.39 is 17.4 Å². The lowest BCUT2D eigenvalue weighted by molar-refractivity contribution is -0.0389. The summed E-state index contributed by atoms with van der Waals surface area (Å²) < 4.78 is 21.4. The van der Waals surface area contributed by atoms with Crippen LogP contribution in [-0.4, -0.2) is 39.4 Å². The Kier molecular flexibility index (Phi) is 5.11. The Hall–Kier alpha value is -3.71. The molecule has 0 N–H and O–H groups in total. The SMILES string of the molecule is O=C1OC2(CCN(C(=O)c3cn(Cc4ccccn4)c4cc(Cl)ccc34)CC2)c2ccc(F)cc21. The first-order valence-corrected chi connectivity index (χ1v) is 11.8. The predicted molar refractivity (Wildman–Crippen MR) is 129 cm³/mol. The topological polar surface area (TPSA) is 64.4 Å². The highest BCUT2D eigenvalue weighted by molar-refractivity contribution is 6.31. The fraction of sp³-hybridized carbons (Fsp3) is 0.222. The van der Waals surface area contributed by atoms with Crippen LogP contribution < -0.4 is 0 Å². The Morgan fingerprint density at radius 2 is 1.94 bits per heavy atom. The van der Waals surface area contributed by atoms with Crippen molar-refractivity contribution in [1.29, 1.82) is 0 Å². The van der Waals surface area contributed by atoms with E-state index in [1.807, 2.05) is 41.1 Å². The lowest BCUT2D eigenvalue weighted by Crippen LogP contribution is -2.45. The van der Waals surface area contributed by atoms with Crippen LogP contribution >= 0.6 is 11.6 Å². The smallest absolute Gasteiger partial charge is 0.339 e. The lowest BCUT2D eigenvalue weighted by Gasteiger charge is -2.38. The molecule has 1 spiro atoms. The summed E-state index contributed by atoms with van der Waals surface area (Å²) in [6.45, 7) is 1.35. The molecule has 8 heteroatoms. The number of amides is 1. The van der Waals surface area contributed by atoms with Gasteiger partial charge in [0.15, 0.2) is 0 Å². The molecule has 2 aromatic heterocycles. The van der Waals surface area contributed by atoms with Gasteiger partial charge in [-0.25, -0.2) is 9.18 Å². The first-order chi connectivity index (χ1) is 16.9. The number of halogens is 2. The Labute approximate surface area is 205 Å². The van der Waals surface area contributed by atoms with E-state index in [1.54, 1.807) is 23.2 Å². The van der Waals surface area contributed by atoms with E-state index in [1.165, 1.54) is 12.1 Å². The zero-order valence-electron chi connectivity index (χ0n) is 18.7. The van der Waals surface area contributed by atoms with Gasteiger partial charge in [0, 0.05) is 54.3 Å². The number of hydrogen-bond donors (Lipinski definition) is 0. The highest BCUT2D eigenvalue weighted by Gasteiger charge is 2.48. The molecule has 0 radical (unpaired) electrons. The summed E-state index contributed by atoms with van der Waals surface area (Å²) in [5.74, 6) is -1.06. The molecule has 0 unspecified atom stereocenters. The highest BCUT2D eigenvalue weighted by Crippen LogP contribution is 2.44. The maximum Gasteiger partial charge on any atom is 0.339 e. The number of ether oxygens (including phenoxy) is 1. The molecule has 2 aliphatic heterocycles. The van der Waals surface area contributed by atoms with E-state index in [4.69, 9.17) is 16.3 Å². The summed E-state index contributed by atoms with van der Waals surface area (Å²) in [6, 6.07) is 15.4. The van der Waals surface area contributed by atoms with Crippen LogP contribution in [0.15, 0.2) is 67.0 Å². The first kappa shape index (κ1) is 21.8. The summed E-state index contributed by atoms with van der Waals surface area (Å²) in [6.07, 6.45) is 4.52. The van der Waals surface area contributed by atoms with Crippen LogP contribution in [0.4, 0.5) is 4.39 Å². The van der Waals surface area contributed by atoms with Crippen molar-refractivity contribution in [3.8, 4) is 0 Å². The summed E-state index contributed by atoms with van der Waals surface area (Å²) >= 11 is 6.27. The zero-order valence-corrected chi connectivity index (χ0v) is 19.5. The minimum atomic E-state index is -0.808. The third kappa shape index (κ3) is 3.67. The molecule has 4 heterocycles. The summed E-state index contributed by atoms with van der Waals surface area (Å²) in [5, 5.41) is 1.42. The van der Waals surface area contributed by atoms with E-state index in [2.05, 4.69) is 4.98 Å². The second kappa shape index (κ2) is 8.20. The number of piperidine rings is 1. The molecule has 1 fully saturated rings. The van der Waals surface area contributed by atoms with Gasteiger partial charge in [0.05, 0.1) is 28.9 Å². The molecular formula is C27H21ClFN3O3. The van der Waals surface area contributed by atoms with E-state index in [9.17, 15) is 14.0 Å². The van der Waals surface area contributed by atoms with Gasteiger partial charge in [-0.3, -0.25) is 9.78 Å². The normalized spacial score (nSPS) is 16.5. The van der Waals surface area contributed by atoms with Crippen LogP contribution in [0.25, 0.3) is 10.9 Å². The monoisotopic (exact) mass is 489 g/mol. The Morgan fingerprint density at radius 1 is 1.11 bits per heavy atom. The number of carbonyl (C=O) groups excluding carboxylic acids is 2. The number of rotatable bonds is 3. The molecule has 2 aromatic carbocycles. The summed E-state index contributed by atoms with van der Waals surface area (Å²) in [5.41, 5.74) is 2.51. The summed E-state index contributed by atoms with van der Waals surface area (Å²) in [7, 11) is 0. The van der Waals surface area contributed by atoms with Crippen molar-refractivity contribution in [3.63, 3.8) is 0 Å². The third-order valence-electron chi connectivity index (χ3n) is 6.97. The molecule has 35 heavy (non-hydrogen) atoms. The molecule has 2 aliphatic rings. The zero-order chi connectivity index (χ0) is 24.2. The molecule has 0 bridgehead atoms. The van der Waals surface area contributed by atoms with Gasteiger partial charge < -0.3 is 14.2 Å². The second-order valence-corrected chi connectivity index (χ2v) is 9.46. The van der Waals surface area contributed by atoms with Crippen molar-refractivity contribution in [1.82, 2.24) is 14.5 Å². The fourth-order valence-corrected chi connectivity index (χ4v) is 5.38. The van der Waals surface area contributed by atoms with Crippen molar-refractivity contribution in [2.24, 2.45) is 0 Å². The molecule has 1 saturated heterocycles. The number of pyridine rings is 1. The summed E-state index contributed by atoms with van der Waals surface area (Å²) in [4.78, 5) is 32.2. The van der Waals surface area contributed by atoms with Crippen molar-refractivity contribution >= 4 is 34.4 Å². The number of fused-ring (bicyclic) bond motifs is 3. The number of carbonyl (C=O) groups is 2. The molecule has 6 rings (SSSR count). The highest BCUT2D eigenvalue weighted by atomic mass is 35.5. The van der Waals surface area contributed by atoms with Crippen LogP contribution in [0.2, 0.25) is 5.02 Å². The van der Waals surface area contributed by atoms with Crippen LogP contribution in [0.5, 0.6) is 0 Å². The van der Waals surface area contributed by atoms with Crippen LogP contribution in [0, 0.1) is 5.82 Å². The third-order valence-corrected chi connectivity index (χ3v) is 7.21. The molecular weight excluding hydrogens is 469 g/mol. The number of benzene rings is 2. The average molecular weight is 490 g/mol. The van der Waals surface area contributed by atoms with Crippen LogP contribution in [0.3, 0.4) is 0 Å². The van der Waals surface area contributed by atoms with Crippen molar-refractivity contribution < 1.29 is 18.7 Å². The lowest BCUT2D eigenvalue weighted by atomic mass is 9.83. The first-order valence-electron chi connectivity index (χ1n) is 11.4. The number of nitrogens with zero attached hydrogens (tertiary/aromatic N) is 3. The van der Waals surface area contributed by atoms with Gasteiger partial charge >= 0.3 is 5.97 Å². The Bertz CT molecular complexity index is 1480. The number of hydrogen-bond acceptors (Lipinski definition) is 4. The van der Waals surface area contributed by atoms with Gasteiger partial charge in [0.1, 0.15) is 11.4 Å². The van der Waals surface area contributed by atoms with Gasteiger partial charge in [0.25, 0.3) is 5.91 Å². The minimum Gasteiger partial charge on any atom is -0.450 e. The van der Waals surface area contributed by atoms with Gasteiger partial charge in [-0.05, 0) is 36.4 Å². The van der Waals surface area contributed by atoms with Gasteiger partial charge in [-0.2, -0.15) is 0 Å². The van der Waals surface area contributed by atoms with E-state index in [0.717, 1.165) is 16.6 Å². The fourth-order valence-electron chi connectivity index (χ4n) is 5.22. The predicted octanol–water partition coefficient (Wildman–Crippen LogP) is 5.18. The largest absolute Gasteiger partial charge is 0.450 e. The van der Waals surface area contributed by atoms with E-state index in [-0.39, 0.29) is 11.5 Å². The number of likely N-dealkylation sites (tertiary alicyclic amines) is 1. The van der Waals surface area contributed by atoms with Crippen molar-refractivity contribution in [3.05, 3.63) is 100 Å². The molecule has 0 aliphatic carbocycles. The van der Waals surface area contributed by atoms with E-state index >= 15 is 0 Å². The quantitative estimate of drug-likeness (QED) is 0.372. The molecule has 176 valence electrons. The van der Waals surface area contributed by atoms with Gasteiger partial charge in [-0.1, -0.05) is 29.8 Å². The Balaban J connectivity index is 1.28.